The summed E-state index contributed by atoms with van der Waals surface area (Å²) in [4.78, 5) is 33.7. The molecule has 0 saturated carbocycles. The minimum atomic E-state index is -0.736. The molecule has 0 aliphatic carbocycles. The van der Waals surface area contributed by atoms with Gasteiger partial charge in [-0.15, -0.1) is 0 Å². The zero-order chi connectivity index (χ0) is 17.7. The Morgan fingerprint density at radius 2 is 2.12 bits per heavy atom. The highest BCUT2D eigenvalue weighted by atomic mass is 16.6. The van der Waals surface area contributed by atoms with Crippen molar-refractivity contribution in [2.75, 3.05) is 12.4 Å². The van der Waals surface area contributed by atoms with Gasteiger partial charge in [0.25, 0.3) is 5.69 Å². The van der Waals surface area contributed by atoms with Crippen molar-refractivity contribution in [2.24, 2.45) is 7.05 Å². The molecule has 1 N–H and O–H groups in total. The number of anilines is 1. The molecule has 9 nitrogen and oxygen atoms in total. The Morgan fingerprint density at radius 1 is 1.38 bits per heavy atom. The van der Waals surface area contributed by atoms with E-state index in [0.717, 1.165) is 24.8 Å². The summed E-state index contributed by atoms with van der Waals surface area (Å²) in [6, 6.07) is 3.53. The number of hydrogen-bond acceptors (Lipinski definition) is 6. The minimum Gasteiger partial charge on any atom is -0.465 e. The van der Waals surface area contributed by atoms with Crippen LogP contribution in [0.2, 0.25) is 0 Å². The Labute approximate surface area is 136 Å². The van der Waals surface area contributed by atoms with E-state index < -0.39 is 16.8 Å². The SMILES string of the molecule is COC(=O)c1cc(NC(=O)C=Cc2cnn(C)c2)cc([N+](=O)[O-])c1. The average Bonchev–Trinajstić information content (AvgIpc) is 2.97. The first-order valence-corrected chi connectivity index (χ1v) is 6.74. The fraction of sp³-hybridized carbons (Fsp3) is 0.133. The molecule has 0 bridgehead atoms. The van der Waals surface area contributed by atoms with Crippen molar-refractivity contribution in [3.05, 3.63) is 57.9 Å². The highest BCUT2D eigenvalue weighted by Crippen LogP contribution is 2.21. The van der Waals surface area contributed by atoms with Crippen LogP contribution in [0.5, 0.6) is 0 Å². The number of aryl methyl sites for hydroxylation is 1. The van der Waals surface area contributed by atoms with E-state index >= 15 is 0 Å². The standard InChI is InChI=1S/C15H14N4O5/c1-18-9-10(8-16-18)3-4-14(20)17-12-5-11(15(21)24-2)6-13(7-12)19(22)23/h3-9H,1-2H3,(H,17,20). The molecule has 1 amide bonds. The Bertz CT molecular complexity index is 825. The number of rotatable bonds is 5. The van der Waals surface area contributed by atoms with Crippen LogP contribution >= 0.6 is 0 Å². The minimum absolute atomic E-state index is 0.0294. The van der Waals surface area contributed by atoms with Crippen molar-refractivity contribution >= 4 is 29.3 Å². The van der Waals surface area contributed by atoms with Gasteiger partial charge >= 0.3 is 5.97 Å². The number of amides is 1. The van der Waals surface area contributed by atoms with Gasteiger partial charge in [-0.2, -0.15) is 5.10 Å². The summed E-state index contributed by atoms with van der Waals surface area (Å²) < 4.78 is 6.13. The van der Waals surface area contributed by atoms with E-state index in [1.807, 2.05) is 0 Å². The van der Waals surface area contributed by atoms with Gasteiger partial charge in [-0.05, 0) is 12.1 Å². The van der Waals surface area contributed by atoms with Gasteiger partial charge in [-0.25, -0.2) is 4.79 Å². The van der Waals surface area contributed by atoms with E-state index in [9.17, 15) is 19.7 Å². The number of nitrogens with one attached hydrogen (secondary N) is 1. The lowest BCUT2D eigenvalue weighted by Gasteiger charge is -2.05. The van der Waals surface area contributed by atoms with Crippen LogP contribution < -0.4 is 5.32 Å². The maximum absolute atomic E-state index is 11.9. The number of esters is 1. The van der Waals surface area contributed by atoms with Crippen LogP contribution in [0, 0.1) is 10.1 Å². The number of carbonyl (C=O) groups is 2. The largest absolute Gasteiger partial charge is 0.465 e. The molecule has 9 heteroatoms. The summed E-state index contributed by atoms with van der Waals surface area (Å²) in [5, 5.41) is 17.4. The predicted molar refractivity (Wildman–Crippen MR) is 85.3 cm³/mol. The molecule has 1 aromatic heterocycles. The van der Waals surface area contributed by atoms with E-state index in [-0.39, 0.29) is 16.9 Å². The van der Waals surface area contributed by atoms with Gasteiger partial charge in [0, 0.05) is 42.7 Å². The van der Waals surface area contributed by atoms with Crippen LogP contribution in [-0.4, -0.2) is 33.7 Å². The van der Waals surface area contributed by atoms with Crippen LogP contribution in [0.25, 0.3) is 6.08 Å². The van der Waals surface area contributed by atoms with Crippen LogP contribution in [0.1, 0.15) is 15.9 Å². The molecule has 2 aromatic rings. The van der Waals surface area contributed by atoms with Crippen molar-refractivity contribution in [1.82, 2.24) is 9.78 Å². The third-order valence-corrected chi connectivity index (χ3v) is 2.97. The van der Waals surface area contributed by atoms with E-state index in [0.29, 0.717) is 0 Å². The molecule has 2 rings (SSSR count). The first kappa shape index (κ1) is 16.9. The molecule has 0 fully saturated rings. The number of nitro benzene ring substituents is 1. The highest BCUT2D eigenvalue weighted by Gasteiger charge is 2.15. The van der Waals surface area contributed by atoms with Crippen LogP contribution in [0.15, 0.2) is 36.7 Å². The monoisotopic (exact) mass is 330 g/mol. The maximum atomic E-state index is 11.9. The average molecular weight is 330 g/mol. The van der Waals surface area contributed by atoms with Crippen molar-refractivity contribution < 1.29 is 19.2 Å². The molecule has 24 heavy (non-hydrogen) atoms. The third kappa shape index (κ3) is 4.26. The summed E-state index contributed by atoms with van der Waals surface area (Å²) in [5.74, 6) is -1.24. The van der Waals surface area contributed by atoms with Gasteiger partial charge in [-0.3, -0.25) is 19.6 Å². The number of nitrogens with zero attached hydrogens (tertiary/aromatic N) is 3. The Balaban J connectivity index is 2.19. The third-order valence-electron chi connectivity index (χ3n) is 2.97. The van der Waals surface area contributed by atoms with Crippen molar-refractivity contribution in [1.29, 1.82) is 0 Å². The molecule has 124 valence electrons. The molecule has 0 aliphatic rings. The lowest BCUT2D eigenvalue weighted by molar-refractivity contribution is -0.384. The highest BCUT2D eigenvalue weighted by molar-refractivity contribution is 6.03. The first-order chi connectivity index (χ1) is 11.4. The van der Waals surface area contributed by atoms with Crippen LogP contribution in [-0.2, 0) is 16.6 Å². The van der Waals surface area contributed by atoms with Gasteiger partial charge in [0.05, 0.1) is 23.8 Å². The number of hydrogen-bond donors (Lipinski definition) is 1. The number of non-ortho nitro benzene ring substituents is 1. The first-order valence-electron chi connectivity index (χ1n) is 6.74. The fourth-order valence-corrected chi connectivity index (χ4v) is 1.91. The molecule has 1 heterocycles. The molecule has 0 aliphatic heterocycles. The molecular weight excluding hydrogens is 316 g/mol. The molecule has 1 aromatic carbocycles. The van der Waals surface area contributed by atoms with Crippen LogP contribution in [0.4, 0.5) is 11.4 Å². The van der Waals surface area contributed by atoms with E-state index in [1.165, 1.54) is 12.1 Å². The second kappa shape index (κ2) is 7.18. The number of methoxy groups -OCH3 is 1. The van der Waals surface area contributed by atoms with E-state index in [2.05, 4.69) is 15.2 Å². The Hall–Kier alpha value is -3.49. The summed E-state index contributed by atoms with van der Waals surface area (Å²) in [7, 11) is 2.91. The van der Waals surface area contributed by atoms with E-state index in [1.54, 1.807) is 30.2 Å². The lowest BCUT2D eigenvalue weighted by Crippen LogP contribution is -2.10. The zero-order valence-corrected chi connectivity index (χ0v) is 12.9. The number of nitro groups is 1. The van der Waals surface area contributed by atoms with Crippen molar-refractivity contribution in [2.45, 2.75) is 0 Å². The quantitative estimate of drug-likeness (QED) is 0.386. The zero-order valence-electron chi connectivity index (χ0n) is 12.9. The number of carbonyl (C=O) groups excluding carboxylic acids is 2. The molecule has 0 radical (unpaired) electrons. The maximum Gasteiger partial charge on any atom is 0.338 e. The van der Waals surface area contributed by atoms with Gasteiger partial charge in [-0.1, -0.05) is 0 Å². The van der Waals surface area contributed by atoms with Gasteiger partial charge in [0.1, 0.15) is 0 Å². The Morgan fingerprint density at radius 3 is 2.71 bits per heavy atom. The molecular formula is C15H14N4O5. The fourth-order valence-electron chi connectivity index (χ4n) is 1.91. The van der Waals surface area contributed by atoms with Crippen molar-refractivity contribution in [3.8, 4) is 0 Å². The number of aromatic nitrogens is 2. The number of ether oxygens (including phenoxy) is 1. The summed E-state index contributed by atoms with van der Waals surface area (Å²) in [5.41, 5.74) is 0.482. The van der Waals surface area contributed by atoms with Gasteiger partial charge in [0.2, 0.25) is 5.91 Å². The summed E-state index contributed by atoms with van der Waals surface area (Å²) in [6.07, 6.45) is 6.09. The van der Waals surface area contributed by atoms with Gasteiger partial charge < -0.3 is 10.1 Å². The second-order valence-electron chi connectivity index (χ2n) is 4.79. The van der Waals surface area contributed by atoms with Crippen LogP contribution in [0.3, 0.4) is 0 Å². The smallest absolute Gasteiger partial charge is 0.338 e. The molecule has 0 spiro atoms. The Kier molecular flexibility index (Phi) is 5.05. The lowest BCUT2D eigenvalue weighted by atomic mass is 10.1. The number of benzene rings is 1. The predicted octanol–water partition coefficient (Wildman–Crippen LogP) is 1.77. The van der Waals surface area contributed by atoms with E-state index in [4.69, 9.17) is 0 Å². The normalized spacial score (nSPS) is 10.6. The molecule has 0 saturated heterocycles. The summed E-state index contributed by atoms with van der Waals surface area (Å²) >= 11 is 0. The summed E-state index contributed by atoms with van der Waals surface area (Å²) in [6.45, 7) is 0. The molecule has 0 unspecified atom stereocenters. The molecule has 0 atom stereocenters. The van der Waals surface area contributed by atoms with Crippen molar-refractivity contribution in [3.63, 3.8) is 0 Å². The second-order valence-corrected chi connectivity index (χ2v) is 4.79. The topological polar surface area (TPSA) is 116 Å². The van der Waals surface area contributed by atoms with Gasteiger partial charge in [0.15, 0.2) is 0 Å².